The van der Waals surface area contributed by atoms with Crippen molar-refractivity contribution in [3.63, 3.8) is 0 Å². The fourth-order valence-electron chi connectivity index (χ4n) is 18.8. The van der Waals surface area contributed by atoms with E-state index >= 15 is 0 Å². The van der Waals surface area contributed by atoms with Gasteiger partial charge in [-0.15, -0.1) is 0 Å². The molecule has 130 heavy (non-hydrogen) atoms. The van der Waals surface area contributed by atoms with Crippen LogP contribution in [-0.4, -0.2) is 323 Å². The highest BCUT2D eigenvalue weighted by Gasteiger charge is 2.53. The maximum atomic E-state index is 15.0. The lowest BCUT2D eigenvalue weighted by atomic mass is 9.78. The van der Waals surface area contributed by atoms with Crippen LogP contribution in [0.2, 0.25) is 0 Å². The molecule has 1 unspecified atom stereocenters. The van der Waals surface area contributed by atoms with E-state index in [2.05, 4.69) is 57.5 Å². The Morgan fingerprint density at radius 1 is 0.746 bits per heavy atom. The number of allylic oxidation sites excluding steroid dienone is 5. The molecule has 1 saturated carbocycles. The van der Waals surface area contributed by atoms with Crippen LogP contribution in [0.5, 0.6) is 0 Å². The van der Waals surface area contributed by atoms with Crippen LogP contribution >= 0.6 is 0 Å². The number of carbonyl (C=O) groups is 5. The molecule has 9 N–H and O–H groups in total. The number of ketones is 1. The van der Waals surface area contributed by atoms with Crippen LogP contribution in [0.4, 0.5) is 11.8 Å². The van der Waals surface area contributed by atoms with Gasteiger partial charge in [-0.25, -0.2) is 19.4 Å². The van der Waals surface area contributed by atoms with Gasteiger partial charge in [-0.3, -0.25) is 28.9 Å². The Labute approximate surface area is 766 Å². The second kappa shape index (κ2) is 53.1. The van der Waals surface area contributed by atoms with Crippen LogP contribution in [0, 0.1) is 35.5 Å². The largest absolute Gasteiger partial charge is 0.460 e. The number of aromatic nitrogens is 5. The number of fused-ring (bicyclic) bond motifs is 5. The van der Waals surface area contributed by atoms with Crippen LogP contribution in [0.3, 0.4) is 0 Å². The molecule has 4 saturated heterocycles. The van der Waals surface area contributed by atoms with Gasteiger partial charge in [0.1, 0.15) is 54.3 Å². The van der Waals surface area contributed by atoms with E-state index in [0.29, 0.717) is 202 Å². The molecule has 8 heterocycles. The Balaban J connectivity index is 0.644. The summed E-state index contributed by atoms with van der Waals surface area (Å²) in [6.07, 6.45) is 17.0. The minimum absolute atomic E-state index is 0.000901. The van der Waals surface area contributed by atoms with Crippen molar-refractivity contribution in [2.45, 2.75) is 250 Å². The van der Waals surface area contributed by atoms with Gasteiger partial charge in [0.25, 0.3) is 17.7 Å². The maximum absolute atomic E-state index is 15.0. The van der Waals surface area contributed by atoms with E-state index in [9.17, 15) is 39.3 Å². The number of amides is 3. The number of piperidine rings is 2. The second-order valence-corrected chi connectivity index (χ2v) is 36.8. The number of nitrogen functional groups attached to an aromatic ring is 2. The van der Waals surface area contributed by atoms with E-state index < -0.39 is 89.9 Å². The number of likely N-dealkylation sites (tertiary alicyclic amines) is 1. The number of aliphatic hydroxyl groups is 3. The molecular formula is C95H150N12O23. The average Bonchev–Trinajstić information content (AvgIpc) is 1.58. The fourth-order valence-corrected chi connectivity index (χ4v) is 18.8. The molecule has 10 rings (SSSR count). The summed E-state index contributed by atoms with van der Waals surface area (Å²) in [4.78, 5) is 95.3. The Kier molecular flexibility index (Phi) is 42.7. The van der Waals surface area contributed by atoms with Gasteiger partial charge >= 0.3 is 5.97 Å². The molecule has 5 fully saturated rings. The summed E-state index contributed by atoms with van der Waals surface area (Å²) in [5.74, 6) is -6.89. The summed E-state index contributed by atoms with van der Waals surface area (Å²) in [5.41, 5.74) is 19.7. The first-order valence-electron chi connectivity index (χ1n) is 47.2. The van der Waals surface area contributed by atoms with Gasteiger partial charge in [0.15, 0.2) is 11.2 Å². The van der Waals surface area contributed by atoms with E-state index in [-0.39, 0.29) is 112 Å². The summed E-state index contributed by atoms with van der Waals surface area (Å²) in [7, 11) is 4.83. The molecule has 728 valence electrons. The second-order valence-electron chi connectivity index (χ2n) is 36.8. The normalized spacial score (nSPS) is 29.5. The molecule has 35 heteroatoms. The molecule has 5 aliphatic heterocycles. The molecule has 4 aromatic rings. The number of oxazole rings is 1. The third-order valence-corrected chi connectivity index (χ3v) is 26.3. The minimum Gasteiger partial charge on any atom is -0.460 e. The predicted octanol–water partition coefficient (Wildman–Crippen LogP) is 8.79. The number of aliphatic hydroxyl groups excluding tert-OH is 2. The van der Waals surface area contributed by atoms with Gasteiger partial charge in [0.05, 0.1) is 146 Å². The number of anilines is 2. The third-order valence-electron chi connectivity index (χ3n) is 26.3. The van der Waals surface area contributed by atoms with Gasteiger partial charge < -0.3 is 108 Å². The zero-order chi connectivity index (χ0) is 93.3. The molecule has 3 aromatic heterocycles. The smallest absolute Gasteiger partial charge is 0.329 e. The van der Waals surface area contributed by atoms with Crippen molar-refractivity contribution in [1.82, 2.24) is 50.2 Å². The number of nitrogens with zero attached hydrogens (tertiary/aromatic N) is 8. The van der Waals surface area contributed by atoms with Crippen molar-refractivity contribution in [3.8, 4) is 11.3 Å². The predicted molar refractivity (Wildman–Crippen MR) is 488 cm³/mol. The van der Waals surface area contributed by atoms with Crippen molar-refractivity contribution in [3.05, 3.63) is 72.1 Å². The molecule has 3 amide bonds. The first-order chi connectivity index (χ1) is 62.6. The van der Waals surface area contributed by atoms with Crippen LogP contribution in [0.15, 0.2) is 76.5 Å². The summed E-state index contributed by atoms with van der Waals surface area (Å²) in [5, 5.41) is 45.5. The van der Waals surface area contributed by atoms with Crippen molar-refractivity contribution in [2.75, 3.05) is 178 Å². The molecule has 17 atom stereocenters. The zero-order valence-electron chi connectivity index (χ0n) is 78.9. The van der Waals surface area contributed by atoms with Crippen molar-refractivity contribution in [2.24, 2.45) is 35.5 Å². The molecule has 35 nitrogen and oxygen atoms in total. The molecule has 1 aliphatic carbocycles. The number of morpholine rings is 1. The van der Waals surface area contributed by atoms with Crippen LogP contribution in [0.25, 0.3) is 33.4 Å². The number of nitrogens with two attached hydrogens (primary N) is 2. The number of ether oxygens (including phenoxy) is 13. The van der Waals surface area contributed by atoms with Crippen molar-refractivity contribution in [1.29, 1.82) is 0 Å². The number of hydroxylamine groups is 1. The van der Waals surface area contributed by atoms with Crippen molar-refractivity contribution < 1.29 is 110 Å². The van der Waals surface area contributed by atoms with E-state index in [0.717, 1.165) is 50.0 Å². The monoisotopic (exact) mass is 1830 g/mol. The molecule has 2 bridgehead atoms. The van der Waals surface area contributed by atoms with Gasteiger partial charge in [-0.2, -0.15) is 15.6 Å². The van der Waals surface area contributed by atoms with Crippen LogP contribution in [-0.2, 0) is 90.4 Å². The highest BCUT2D eigenvalue weighted by atomic mass is 16.7. The highest BCUT2D eigenvalue weighted by molar-refractivity contribution is 6.39. The lowest BCUT2D eigenvalue weighted by Gasteiger charge is -2.43. The Morgan fingerprint density at radius 2 is 1.45 bits per heavy atom. The zero-order valence-corrected chi connectivity index (χ0v) is 78.9. The summed E-state index contributed by atoms with van der Waals surface area (Å²) in [6, 6.07) is 3.79. The molecule has 1 aromatic carbocycles. The number of hydrogen-bond donors (Lipinski definition) is 7. The third kappa shape index (κ3) is 31.1. The number of Topliss-reactive ketones (excluding diaryl/α,β-unsaturated/α-hetero) is 1. The first kappa shape index (κ1) is 105. The summed E-state index contributed by atoms with van der Waals surface area (Å²) < 4.78 is 85.0. The van der Waals surface area contributed by atoms with Gasteiger partial charge in [0.2, 0.25) is 17.6 Å². The fraction of sp³-hybridized carbons (Fsp3) is 0.737. The van der Waals surface area contributed by atoms with E-state index in [1.54, 1.807) is 40.2 Å². The van der Waals surface area contributed by atoms with Gasteiger partial charge in [-0.05, 0) is 171 Å². The number of esters is 1. The summed E-state index contributed by atoms with van der Waals surface area (Å²) >= 11 is 0. The topological polar surface area (TPSA) is 431 Å². The van der Waals surface area contributed by atoms with E-state index in [4.69, 9.17) is 87.4 Å². The molecular weight excluding hydrogens is 1680 g/mol. The first-order valence-corrected chi connectivity index (χ1v) is 47.2. The summed E-state index contributed by atoms with van der Waals surface area (Å²) in [6.45, 7) is 26.8. The number of methoxy groups -OCH3 is 3. The lowest BCUT2D eigenvalue weighted by molar-refractivity contribution is -0.265. The van der Waals surface area contributed by atoms with E-state index in [1.165, 1.54) is 18.3 Å². The number of benzene rings is 1. The molecule has 0 spiro atoms. The Morgan fingerprint density at radius 3 is 2.15 bits per heavy atom. The number of nitrogens with one attached hydrogen (secondary N) is 2. The number of rotatable bonds is 38. The lowest BCUT2D eigenvalue weighted by Crippen LogP contribution is -2.61. The van der Waals surface area contributed by atoms with Gasteiger partial charge in [0, 0.05) is 104 Å². The van der Waals surface area contributed by atoms with Crippen molar-refractivity contribution >= 4 is 63.4 Å². The SMILES string of the molecule is CO[C@H]1C[C@@H]2CC[C@@H](C)[C@@](O)(O2)C(=O)C(=O)N2CCCC[C@H]2C(=O)O[C@H]([C@H](C)C[C@@H]2CC[C@@H](OCCCN3CCOC(C)(C)C3)[C@H](OC)C2)C[C@@H](O)[C@H](C)/C=C(\C)[C@@H](O)[C@@H](OC)C(NOCC(=O)NCCOCCOCCOCCOCCOCCOCCC(=O)N2CCC(n3nc(-c4ccc5oc(N)nc5c4)c4c(N)ncnc43)CC2)[C@H](C)C[C@H](C)C\C=C/C=C/C=C/1C. The Hall–Kier alpha value is -7.37. The van der Waals surface area contributed by atoms with Crippen LogP contribution in [0.1, 0.15) is 178 Å². The standard InChI is InChI=1S/C95H150N12O23/c1-62-20-15-13-14-16-21-63(2)78(116-10)57-72-26-23-68(7)95(115,130-72)88(112)91(113)106-34-18-17-22-74(106)92(114)128-79(65(4)54-69-24-27-77(80(55-69)117-11)125-38-19-33-104-37-41-126-94(8,9)60-104)58-75(108)64(3)53-67(6)86(111)87(118-12)84(66(5)52-62)103-127-59-81(109)98-32-40-120-43-45-122-47-49-124-51-50-123-48-46-121-44-42-119-39-31-82(110)105-35-29-71(30-36-105)107-90-83(89(96)99-61-100-90)85(102-107)70-25-28-76-73(56-70)101-93(97)129-76/h13-16,21,25,28,53,56,61-62,64-66,68-69,71-72,74-75,77-80,84,86-87,103,108,111,115H,17-20,22-24,26-27,29-52,54-55,57-60H2,1-12H3,(H2,97,101)(H,98,109)(H2,96,99,100)/b15-13-,16-14+,63-21+,67-53+/t62-,64-,65-,66-,68-,69+,72+,74+,75-,77-,78+,79+,80-,84?,86-,87+,95-/m1/s1. The quantitative estimate of drug-likeness (QED) is 0.00724. The average molecular weight is 1830 g/mol. The molecule has 6 aliphatic rings. The maximum Gasteiger partial charge on any atom is 0.329 e. The number of carbonyl (C=O) groups excluding carboxylic acids is 5. The molecule has 0 radical (unpaired) electrons. The van der Waals surface area contributed by atoms with Crippen LogP contribution < -0.4 is 22.3 Å². The number of hydrogen-bond acceptors (Lipinski definition) is 31. The minimum atomic E-state index is -2.46. The highest BCUT2D eigenvalue weighted by Crippen LogP contribution is 2.41. The van der Waals surface area contributed by atoms with Gasteiger partial charge in [-0.1, -0.05) is 71.1 Å². The van der Waals surface area contributed by atoms with E-state index in [1.807, 2.05) is 73.7 Å². The number of cyclic esters (lactones) is 1. The Bertz CT molecular complexity index is 4270.